The van der Waals surface area contributed by atoms with Crippen LogP contribution in [0.2, 0.25) is 0 Å². The number of carbonyl (C=O) groups excluding carboxylic acids is 1. The van der Waals surface area contributed by atoms with Crippen LogP contribution in [0.15, 0.2) is 35.1 Å². The molecule has 2 aromatic heterocycles. The minimum absolute atomic E-state index is 0.0218. The van der Waals surface area contributed by atoms with E-state index in [0.29, 0.717) is 15.9 Å². The van der Waals surface area contributed by atoms with Gasteiger partial charge in [-0.3, -0.25) is 9.59 Å². The van der Waals surface area contributed by atoms with Crippen LogP contribution in [-0.4, -0.2) is 46.3 Å². The minimum Gasteiger partial charge on any atom is -0.481 e. The third kappa shape index (κ3) is 3.60. The molecule has 35 heavy (non-hydrogen) atoms. The van der Waals surface area contributed by atoms with Gasteiger partial charge in [-0.05, 0) is 35.7 Å². The number of hydrogen-bond acceptors (Lipinski definition) is 5. The van der Waals surface area contributed by atoms with Crippen molar-refractivity contribution in [3.63, 3.8) is 0 Å². The predicted molar refractivity (Wildman–Crippen MR) is 117 cm³/mol. The number of nitrogens with zero attached hydrogens (tertiary/aromatic N) is 3. The summed E-state index contributed by atoms with van der Waals surface area (Å²) in [7, 11) is 2.71. The Bertz CT molecular complexity index is 1550. The van der Waals surface area contributed by atoms with Crippen molar-refractivity contribution >= 4 is 27.6 Å². The van der Waals surface area contributed by atoms with Crippen LogP contribution < -0.4 is 10.3 Å². The second kappa shape index (κ2) is 8.38. The molecule has 1 unspecified atom stereocenters. The number of likely N-dealkylation sites (N-methyl/N-ethyl adjacent to an activating group) is 1. The number of nitrogens with one attached hydrogen (secondary N) is 1. The summed E-state index contributed by atoms with van der Waals surface area (Å²) >= 11 is 0. The number of amides is 1. The smallest absolute Gasteiger partial charge is 0.336 e. The molecule has 12 heteroatoms. The van der Waals surface area contributed by atoms with Gasteiger partial charge in [0.05, 0.1) is 42.7 Å². The normalized spacial score (nSPS) is 15.6. The van der Waals surface area contributed by atoms with Crippen molar-refractivity contribution < 1.29 is 31.8 Å². The fourth-order valence-corrected chi connectivity index (χ4v) is 4.44. The van der Waals surface area contributed by atoms with Gasteiger partial charge in [-0.25, -0.2) is 8.78 Å². The van der Waals surface area contributed by atoms with Crippen molar-refractivity contribution in [1.29, 1.82) is 0 Å². The van der Waals surface area contributed by atoms with Gasteiger partial charge in [0.1, 0.15) is 0 Å². The average molecular weight is 490 g/mol. The number of H-pyrrole nitrogens is 1. The van der Waals surface area contributed by atoms with E-state index in [-0.39, 0.29) is 46.3 Å². The Hall–Kier alpha value is -3.93. The number of halogens is 4. The lowest BCUT2D eigenvalue weighted by Crippen LogP contribution is -2.37. The Labute approximate surface area is 194 Å². The molecule has 1 N–H and O–H groups in total. The van der Waals surface area contributed by atoms with Gasteiger partial charge in [0.2, 0.25) is 5.88 Å². The molecule has 1 aliphatic heterocycles. The van der Waals surface area contributed by atoms with Crippen LogP contribution in [-0.2, 0) is 11.3 Å². The maximum absolute atomic E-state index is 14.1. The average Bonchev–Trinajstić information content (AvgIpc) is 3.22. The van der Waals surface area contributed by atoms with Crippen molar-refractivity contribution in [2.45, 2.75) is 19.2 Å². The molecule has 182 valence electrons. The van der Waals surface area contributed by atoms with E-state index in [0.717, 1.165) is 12.1 Å². The van der Waals surface area contributed by atoms with Crippen LogP contribution >= 0.6 is 0 Å². The van der Waals surface area contributed by atoms with E-state index in [2.05, 4.69) is 10.1 Å². The summed E-state index contributed by atoms with van der Waals surface area (Å²) in [4.78, 5) is 29.8. The van der Waals surface area contributed by atoms with E-state index in [1.54, 1.807) is 0 Å². The number of hydrogen-bond donors (Lipinski definition) is 1. The molecule has 1 aliphatic rings. The van der Waals surface area contributed by atoms with Crippen molar-refractivity contribution in [3.05, 3.63) is 69.1 Å². The van der Waals surface area contributed by atoms with Crippen LogP contribution in [0.4, 0.5) is 17.6 Å². The number of methoxy groups -OCH3 is 1. The largest absolute Gasteiger partial charge is 0.481 e. The molecular formula is C23H18F4N4O4. The second-order valence-electron chi connectivity index (χ2n) is 8.07. The van der Waals surface area contributed by atoms with Gasteiger partial charge in [0.15, 0.2) is 11.6 Å². The van der Waals surface area contributed by atoms with Crippen LogP contribution in [0.25, 0.3) is 21.7 Å². The zero-order chi connectivity index (χ0) is 25.0. The Kier molecular flexibility index (Phi) is 5.47. The number of aromatic amines is 1. The quantitative estimate of drug-likeness (QED) is 0.439. The van der Waals surface area contributed by atoms with Gasteiger partial charge >= 0.3 is 6.55 Å². The Balaban J connectivity index is 1.59. The first kappa shape index (κ1) is 22.8. The summed E-state index contributed by atoms with van der Waals surface area (Å²) in [6.45, 7) is -2.88. The maximum Gasteiger partial charge on any atom is 0.336 e. The first-order valence-electron chi connectivity index (χ1n) is 10.4. The standard InChI is InChI=1S/C23H18F4N4O4/c1-30(21(33)10-3-4-16-13(5-10)22(34-2)31(29-16)23(26)27)18-9-35-8-17-19(18)11-6-14(24)15(25)7-12(11)20(32)28-17/h3-7,18,23H,8-9H2,1-2H3,(H,28,32). The molecule has 0 aliphatic carbocycles. The lowest BCUT2D eigenvalue weighted by Gasteiger charge is -2.34. The molecule has 3 heterocycles. The van der Waals surface area contributed by atoms with Crippen molar-refractivity contribution in [1.82, 2.24) is 19.7 Å². The fraction of sp³-hybridized carbons (Fsp3) is 0.261. The molecule has 1 amide bonds. The number of pyridine rings is 1. The summed E-state index contributed by atoms with van der Waals surface area (Å²) in [6.07, 6.45) is 0. The lowest BCUT2D eigenvalue weighted by molar-refractivity contribution is 0.0336. The van der Waals surface area contributed by atoms with Crippen LogP contribution in [0, 0.1) is 11.6 Å². The molecule has 0 saturated carbocycles. The zero-order valence-corrected chi connectivity index (χ0v) is 18.4. The number of benzene rings is 2. The van der Waals surface area contributed by atoms with Gasteiger partial charge in [-0.15, -0.1) is 0 Å². The molecule has 4 aromatic rings. The van der Waals surface area contributed by atoms with Crippen LogP contribution in [0.1, 0.15) is 34.2 Å². The number of carbonyl (C=O) groups is 1. The van der Waals surface area contributed by atoms with Gasteiger partial charge in [0.25, 0.3) is 11.5 Å². The Morgan fingerprint density at radius 2 is 1.91 bits per heavy atom. The molecular weight excluding hydrogens is 472 g/mol. The van der Waals surface area contributed by atoms with Crippen molar-refractivity contribution in [2.75, 3.05) is 20.8 Å². The SMILES string of the molecule is COc1c2cc(C(=O)N(C)C3COCc4[nH]c(=O)c5cc(F)c(F)cc5c43)ccc2nn1C(F)F. The number of alkyl halides is 2. The maximum atomic E-state index is 14.1. The summed E-state index contributed by atoms with van der Waals surface area (Å²) in [5, 5.41) is 4.14. The van der Waals surface area contributed by atoms with Crippen molar-refractivity contribution in [3.8, 4) is 5.88 Å². The second-order valence-corrected chi connectivity index (χ2v) is 8.07. The first-order valence-corrected chi connectivity index (χ1v) is 10.4. The van der Waals surface area contributed by atoms with Crippen LogP contribution in [0.5, 0.6) is 5.88 Å². The highest BCUT2D eigenvalue weighted by molar-refractivity contribution is 5.99. The van der Waals surface area contributed by atoms with E-state index < -0.39 is 35.7 Å². The van der Waals surface area contributed by atoms with E-state index >= 15 is 0 Å². The van der Waals surface area contributed by atoms with E-state index in [9.17, 15) is 27.2 Å². The number of ether oxygens (including phenoxy) is 2. The van der Waals surface area contributed by atoms with Gasteiger partial charge in [-0.1, -0.05) is 0 Å². The van der Waals surface area contributed by atoms with Gasteiger partial charge in [0, 0.05) is 23.9 Å². The molecule has 1 atom stereocenters. The topological polar surface area (TPSA) is 89.4 Å². The van der Waals surface area contributed by atoms with Gasteiger partial charge in [-0.2, -0.15) is 18.6 Å². The first-order chi connectivity index (χ1) is 16.7. The number of fused-ring (bicyclic) bond motifs is 4. The zero-order valence-electron chi connectivity index (χ0n) is 18.4. The number of rotatable bonds is 4. The van der Waals surface area contributed by atoms with Gasteiger partial charge < -0.3 is 19.4 Å². The summed E-state index contributed by atoms with van der Waals surface area (Å²) in [5.41, 5.74) is 0.549. The summed E-state index contributed by atoms with van der Waals surface area (Å²) < 4.78 is 65.6. The molecule has 5 rings (SSSR count). The van der Waals surface area contributed by atoms with E-state index in [1.165, 1.54) is 37.3 Å². The van der Waals surface area contributed by atoms with Crippen LogP contribution in [0.3, 0.4) is 0 Å². The molecule has 0 fully saturated rings. The highest BCUT2D eigenvalue weighted by atomic mass is 19.3. The number of aromatic nitrogens is 3. The third-order valence-corrected chi connectivity index (χ3v) is 6.10. The molecule has 0 radical (unpaired) electrons. The predicted octanol–water partition coefficient (Wildman–Crippen LogP) is 3.90. The highest BCUT2D eigenvalue weighted by Gasteiger charge is 2.32. The molecule has 0 spiro atoms. The lowest BCUT2D eigenvalue weighted by atomic mass is 9.95. The van der Waals surface area contributed by atoms with E-state index in [1.807, 2.05) is 0 Å². The molecule has 0 saturated heterocycles. The summed E-state index contributed by atoms with van der Waals surface area (Å²) in [5.74, 6) is -2.98. The molecule has 0 bridgehead atoms. The highest BCUT2D eigenvalue weighted by Crippen LogP contribution is 2.35. The Morgan fingerprint density at radius 1 is 1.20 bits per heavy atom. The van der Waals surface area contributed by atoms with E-state index in [4.69, 9.17) is 9.47 Å². The minimum atomic E-state index is -2.93. The van der Waals surface area contributed by atoms with Crippen molar-refractivity contribution in [2.24, 2.45) is 0 Å². The fourth-order valence-electron chi connectivity index (χ4n) is 4.44. The summed E-state index contributed by atoms with van der Waals surface area (Å²) in [6, 6.07) is 5.26. The molecule has 2 aromatic carbocycles. The third-order valence-electron chi connectivity index (χ3n) is 6.10. The molecule has 8 nitrogen and oxygen atoms in total. The monoisotopic (exact) mass is 490 g/mol. The Morgan fingerprint density at radius 3 is 2.60 bits per heavy atom.